The summed E-state index contributed by atoms with van der Waals surface area (Å²) in [5.41, 5.74) is 0. The molecule has 0 saturated heterocycles. The molecular weight excluding hydrogens is 144 g/mol. The lowest BCUT2D eigenvalue weighted by atomic mass is 10.1. The van der Waals surface area contributed by atoms with Crippen LogP contribution in [0.25, 0.3) is 0 Å². The first-order valence-electron chi connectivity index (χ1n) is 5.15. The maximum atomic E-state index is 3.83. The van der Waals surface area contributed by atoms with Crippen LogP contribution in [0.1, 0.15) is 51.4 Å². The van der Waals surface area contributed by atoms with E-state index in [2.05, 4.69) is 26.0 Å². The molecule has 0 atom stereocenters. The van der Waals surface area contributed by atoms with Gasteiger partial charge < -0.3 is 0 Å². The Morgan fingerprint density at radius 2 is 1.42 bits per heavy atom. The average Bonchev–Trinajstić information content (AvgIpc) is 2.10. The third-order valence-electron chi connectivity index (χ3n) is 1.95. The third-order valence-corrected chi connectivity index (χ3v) is 1.95. The van der Waals surface area contributed by atoms with Crippen molar-refractivity contribution in [1.82, 2.24) is 0 Å². The highest BCUT2D eigenvalue weighted by atomic mass is 13.9. The zero-order valence-corrected chi connectivity index (χ0v) is 8.23. The zero-order valence-electron chi connectivity index (χ0n) is 8.23. The minimum absolute atomic E-state index is 0.932. The number of rotatable bonds is 8. The summed E-state index contributed by atoms with van der Waals surface area (Å²) in [7, 11) is 0. The average molecular weight is 166 g/mol. The summed E-state index contributed by atoms with van der Waals surface area (Å²) in [6, 6.07) is 0. The molecule has 0 aliphatic heterocycles. The predicted octanol–water partition coefficient (Wildman–Crippen LogP) is 4.33. The lowest BCUT2D eigenvalue weighted by Crippen LogP contribution is -1.77. The Morgan fingerprint density at radius 3 is 2.08 bits per heavy atom. The van der Waals surface area contributed by atoms with Crippen LogP contribution in [-0.2, 0) is 0 Å². The Kier molecular flexibility index (Phi) is 10.5. The standard InChI is InChI=1S/C12H22/c1-3-5-7-9-11-12-10-8-6-4-2/h5,7H,1-4,6,8-12H2/b7-5+. The molecule has 0 saturated carbocycles. The molecule has 0 aromatic rings. The first kappa shape index (κ1) is 11.7. The van der Waals surface area contributed by atoms with Gasteiger partial charge in [-0.3, -0.25) is 0 Å². The molecule has 0 aliphatic rings. The maximum Gasteiger partial charge on any atom is -0.0351 e. The summed E-state index contributed by atoms with van der Waals surface area (Å²) < 4.78 is 0. The van der Waals surface area contributed by atoms with Gasteiger partial charge in [0.25, 0.3) is 0 Å². The zero-order chi connectivity index (χ0) is 9.07. The summed E-state index contributed by atoms with van der Waals surface area (Å²) in [6.45, 7) is 7.58. The van der Waals surface area contributed by atoms with Gasteiger partial charge in [0.05, 0.1) is 0 Å². The molecule has 0 heterocycles. The van der Waals surface area contributed by atoms with E-state index in [1.165, 1.54) is 38.5 Å². The lowest BCUT2D eigenvalue weighted by molar-refractivity contribution is 0.621. The monoisotopic (exact) mass is 166 g/mol. The summed E-state index contributed by atoms with van der Waals surface area (Å²) in [5.74, 6) is 0. The number of hydrogen-bond acceptors (Lipinski definition) is 0. The smallest absolute Gasteiger partial charge is 0.0351 e. The van der Waals surface area contributed by atoms with Crippen LogP contribution in [0.3, 0.4) is 0 Å². The van der Waals surface area contributed by atoms with Gasteiger partial charge in [-0.15, -0.1) is 0 Å². The van der Waals surface area contributed by atoms with Gasteiger partial charge in [-0.05, 0) is 26.2 Å². The van der Waals surface area contributed by atoms with Crippen LogP contribution in [0.5, 0.6) is 0 Å². The van der Waals surface area contributed by atoms with Crippen LogP contribution >= 0.6 is 0 Å². The molecule has 0 amide bonds. The van der Waals surface area contributed by atoms with Crippen molar-refractivity contribution in [3.05, 3.63) is 26.0 Å². The summed E-state index contributed by atoms with van der Waals surface area (Å²) >= 11 is 0. The molecule has 12 heavy (non-hydrogen) atoms. The van der Waals surface area contributed by atoms with Crippen molar-refractivity contribution < 1.29 is 0 Å². The van der Waals surface area contributed by atoms with Gasteiger partial charge in [0.15, 0.2) is 0 Å². The minimum Gasteiger partial charge on any atom is -0.0885 e. The van der Waals surface area contributed by atoms with Crippen molar-refractivity contribution in [3.8, 4) is 0 Å². The first-order valence-corrected chi connectivity index (χ1v) is 5.15. The van der Waals surface area contributed by atoms with Crippen molar-refractivity contribution in [1.29, 1.82) is 0 Å². The highest BCUT2D eigenvalue weighted by Gasteiger charge is 1.87. The van der Waals surface area contributed by atoms with Crippen molar-refractivity contribution in [2.75, 3.05) is 0 Å². The Balaban J connectivity index is 2.86. The quantitative estimate of drug-likeness (QED) is 0.372. The van der Waals surface area contributed by atoms with Gasteiger partial charge >= 0.3 is 0 Å². The van der Waals surface area contributed by atoms with Gasteiger partial charge in [-0.1, -0.05) is 51.2 Å². The van der Waals surface area contributed by atoms with E-state index in [0.717, 1.165) is 12.8 Å². The van der Waals surface area contributed by atoms with Crippen LogP contribution in [0.2, 0.25) is 0 Å². The van der Waals surface area contributed by atoms with E-state index < -0.39 is 0 Å². The molecule has 0 rings (SSSR count). The van der Waals surface area contributed by atoms with Gasteiger partial charge in [0.1, 0.15) is 0 Å². The molecular formula is C12H22. The molecule has 0 aliphatic carbocycles. The number of unbranched alkanes of at least 4 members (excludes halogenated alkanes) is 6. The van der Waals surface area contributed by atoms with Gasteiger partial charge in [0.2, 0.25) is 0 Å². The fourth-order valence-electron chi connectivity index (χ4n) is 1.20. The van der Waals surface area contributed by atoms with Gasteiger partial charge in [-0.2, -0.15) is 0 Å². The second-order valence-corrected chi connectivity index (χ2v) is 3.17. The normalized spacial score (nSPS) is 11.2. The van der Waals surface area contributed by atoms with Gasteiger partial charge in [0, 0.05) is 0 Å². The minimum atomic E-state index is 0.932. The molecule has 0 spiro atoms. The third kappa shape index (κ3) is 9.74. The second-order valence-electron chi connectivity index (χ2n) is 3.17. The molecule has 0 heteroatoms. The molecule has 0 aromatic carbocycles. The molecule has 0 bridgehead atoms. The summed E-state index contributed by atoms with van der Waals surface area (Å²) in [4.78, 5) is 0. The summed E-state index contributed by atoms with van der Waals surface area (Å²) in [5, 5.41) is 0. The van der Waals surface area contributed by atoms with Crippen LogP contribution in [0.15, 0.2) is 12.2 Å². The molecule has 0 aromatic heterocycles. The molecule has 0 N–H and O–H groups in total. The van der Waals surface area contributed by atoms with E-state index >= 15 is 0 Å². The lowest BCUT2D eigenvalue weighted by Gasteiger charge is -1.97. The maximum absolute atomic E-state index is 3.83. The van der Waals surface area contributed by atoms with Gasteiger partial charge in [-0.25, -0.2) is 0 Å². The van der Waals surface area contributed by atoms with E-state index in [9.17, 15) is 0 Å². The SMILES string of the molecule is [CH2]C/C=C/CCCCCCC[CH2]. The fraction of sp³-hybridized carbons (Fsp3) is 0.667. The molecule has 0 nitrogen and oxygen atoms in total. The Morgan fingerprint density at radius 1 is 0.750 bits per heavy atom. The van der Waals surface area contributed by atoms with Crippen molar-refractivity contribution in [3.63, 3.8) is 0 Å². The molecule has 0 unspecified atom stereocenters. The van der Waals surface area contributed by atoms with E-state index in [1.54, 1.807) is 0 Å². The van der Waals surface area contributed by atoms with E-state index in [0.29, 0.717) is 0 Å². The van der Waals surface area contributed by atoms with Crippen LogP contribution in [0.4, 0.5) is 0 Å². The van der Waals surface area contributed by atoms with Crippen LogP contribution in [0, 0.1) is 13.8 Å². The summed E-state index contributed by atoms with van der Waals surface area (Å²) in [6.07, 6.45) is 14.4. The Hall–Kier alpha value is -0.260. The second kappa shape index (κ2) is 10.7. The van der Waals surface area contributed by atoms with Crippen LogP contribution in [-0.4, -0.2) is 0 Å². The van der Waals surface area contributed by atoms with E-state index in [-0.39, 0.29) is 0 Å². The van der Waals surface area contributed by atoms with Crippen LogP contribution < -0.4 is 0 Å². The topological polar surface area (TPSA) is 0 Å². The molecule has 0 fully saturated rings. The Bertz CT molecular complexity index is 92.2. The van der Waals surface area contributed by atoms with Crippen molar-refractivity contribution >= 4 is 0 Å². The van der Waals surface area contributed by atoms with Crippen molar-refractivity contribution in [2.24, 2.45) is 0 Å². The largest absolute Gasteiger partial charge is 0.0885 e. The van der Waals surface area contributed by atoms with E-state index in [4.69, 9.17) is 0 Å². The first-order chi connectivity index (χ1) is 5.91. The number of hydrogen-bond donors (Lipinski definition) is 0. The Labute approximate surface area is 78.1 Å². The van der Waals surface area contributed by atoms with E-state index in [1.807, 2.05) is 0 Å². The number of allylic oxidation sites excluding steroid dienone is 2. The molecule has 70 valence electrons. The molecule has 2 radical (unpaired) electrons. The van der Waals surface area contributed by atoms with Crippen molar-refractivity contribution in [2.45, 2.75) is 51.4 Å². The highest BCUT2D eigenvalue weighted by Crippen LogP contribution is 2.06. The highest BCUT2D eigenvalue weighted by molar-refractivity contribution is 4.81. The predicted molar refractivity (Wildman–Crippen MR) is 56.8 cm³/mol. The fourth-order valence-corrected chi connectivity index (χ4v) is 1.20.